The molecule has 0 spiro atoms. The lowest BCUT2D eigenvalue weighted by atomic mass is 9.94. The van der Waals surface area contributed by atoms with E-state index in [1.54, 1.807) is 0 Å². The predicted octanol–water partition coefficient (Wildman–Crippen LogP) is 4.43. The number of benzene rings is 2. The van der Waals surface area contributed by atoms with E-state index in [0.717, 1.165) is 6.42 Å². The molecule has 0 nitrogen and oxygen atoms in total. The third kappa shape index (κ3) is 2.90. The van der Waals surface area contributed by atoms with Gasteiger partial charge in [-0.1, -0.05) is 37.3 Å². The van der Waals surface area contributed by atoms with Gasteiger partial charge in [-0.3, -0.25) is 0 Å². The molecule has 0 fully saturated rings. The summed E-state index contributed by atoms with van der Waals surface area (Å²) in [6.07, 6.45) is 3.39. The Morgan fingerprint density at radius 3 is 2.06 bits per heavy atom. The predicted molar refractivity (Wildman–Crippen MR) is 69.3 cm³/mol. The highest BCUT2D eigenvalue weighted by molar-refractivity contribution is 5.25. The minimum absolute atomic E-state index is 0.585. The minimum Gasteiger partial charge on any atom is -0.0622 e. The van der Waals surface area contributed by atoms with Crippen molar-refractivity contribution in [2.45, 2.75) is 19.3 Å². The van der Waals surface area contributed by atoms with Crippen LogP contribution in [0.2, 0.25) is 0 Å². The third-order valence-corrected chi connectivity index (χ3v) is 2.88. The highest BCUT2D eigenvalue weighted by atomic mass is 14.1. The summed E-state index contributed by atoms with van der Waals surface area (Å²) in [6.45, 7) is 2.27. The first-order chi connectivity index (χ1) is 7.86. The normalized spacial score (nSPS) is 12.1. The molecule has 16 heavy (non-hydrogen) atoms. The molecule has 0 aliphatic heterocycles. The van der Waals surface area contributed by atoms with Crippen molar-refractivity contribution in [1.29, 1.82) is 0 Å². The zero-order chi connectivity index (χ0) is 11.2. The van der Waals surface area contributed by atoms with Crippen LogP contribution in [0.1, 0.15) is 30.4 Å². The Morgan fingerprint density at radius 2 is 1.44 bits per heavy atom. The number of hydrogen-bond donors (Lipinski definition) is 0. The Kier molecular flexibility index (Phi) is 3.66. The summed E-state index contributed by atoms with van der Waals surface area (Å²) in [4.78, 5) is 0. The van der Waals surface area contributed by atoms with Crippen LogP contribution in [-0.4, -0.2) is 0 Å². The van der Waals surface area contributed by atoms with Crippen LogP contribution < -0.4 is 0 Å². The van der Waals surface area contributed by atoms with Crippen LogP contribution in [0.15, 0.2) is 60.7 Å². The second-order valence-electron chi connectivity index (χ2n) is 4.16. The first-order valence-corrected chi connectivity index (χ1v) is 5.79. The van der Waals surface area contributed by atoms with Crippen molar-refractivity contribution in [1.82, 2.24) is 0 Å². The van der Waals surface area contributed by atoms with Gasteiger partial charge in [-0.2, -0.15) is 0 Å². The molecule has 0 radical (unpaired) electrons. The fourth-order valence-corrected chi connectivity index (χ4v) is 1.82. The standard InChI is InChI=1S/C16H17/c1-14(16-10-6-3-7-11-16)12-13-15-8-4-2-5-9-15/h2-11,13-14H,12H2,1H3/q+1. The minimum atomic E-state index is 0.585. The Morgan fingerprint density at radius 1 is 0.875 bits per heavy atom. The van der Waals surface area contributed by atoms with Crippen molar-refractivity contribution in [3.05, 3.63) is 78.2 Å². The van der Waals surface area contributed by atoms with Gasteiger partial charge in [0.15, 0.2) is 0 Å². The van der Waals surface area contributed by atoms with Gasteiger partial charge in [0.2, 0.25) is 0 Å². The molecule has 0 aromatic heterocycles. The Hall–Kier alpha value is -1.69. The smallest absolute Gasteiger partial charge is 0.0622 e. The molecule has 1 unspecified atom stereocenters. The van der Waals surface area contributed by atoms with Gasteiger partial charge in [-0.05, 0) is 29.7 Å². The molecular formula is C16H17+. The number of hydrogen-bond acceptors (Lipinski definition) is 0. The van der Waals surface area contributed by atoms with Gasteiger partial charge in [0.05, 0.1) is 0 Å². The molecule has 0 amide bonds. The van der Waals surface area contributed by atoms with Gasteiger partial charge in [-0.25, -0.2) is 0 Å². The van der Waals surface area contributed by atoms with E-state index >= 15 is 0 Å². The monoisotopic (exact) mass is 209 g/mol. The summed E-state index contributed by atoms with van der Waals surface area (Å²) < 4.78 is 0. The van der Waals surface area contributed by atoms with Crippen molar-refractivity contribution < 1.29 is 0 Å². The first-order valence-electron chi connectivity index (χ1n) is 5.79. The van der Waals surface area contributed by atoms with Crippen LogP contribution in [0, 0.1) is 6.42 Å². The fourth-order valence-electron chi connectivity index (χ4n) is 1.82. The Bertz CT molecular complexity index is 403. The molecule has 0 bridgehead atoms. The van der Waals surface area contributed by atoms with Crippen LogP contribution >= 0.6 is 0 Å². The maximum absolute atomic E-state index is 2.30. The summed E-state index contributed by atoms with van der Waals surface area (Å²) in [5, 5.41) is 0. The largest absolute Gasteiger partial charge is 0.129 e. The SMILES string of the molecule is CC(C[CH+]c1ccccc1)c1ccccc1. The molecule has 0 N–H and O–H groups in total. The van der Waals surface area contributed by atoms with Gasteiger partial charge in [0, 0.05) is 25.0 Å². The molecular weight excluding hydrogens is 192 g/mol. The summed E-state index contributed by atoms with van der Waals surface area (Å²) >= 11 is 0. The molecule has 2 rings (SSSR count). The molecule has 2 aromatic rings. The lowest BCUT2D eigenvalue weighted by molar-refractivity contribution is 0.755. The van der Waals surface area contributed by atoms with E-state index < -0.39 is 0 Å². The molecule has 0 heteroatoms. The number of rotatable bonds is 4. The van der Waals surface area contributed by atoms with E-state index in [2.05, 4.69) is 74.0 Å². The molecule has 2 aromatic carbocycles. The average Bonchev–Trinajstić information content (AvgIpc) is 2.38. The van der Waals surface area contributed by atoms with E-state index in [1.807, 2.05) is 0 Å². The van der Waals surface area contributed by atoms with Crippen LogP contribution in [0.4, 0.5) is 0 Å². The highest BCUT2D eigenvalue weighted by Gasteiger charge is 2.08. The van der Waals surface area contributed by atoms with E-state index in [-0.39, 0.29) is 0 Å². The van der Waals surface area contributed by atoms with Crippen molar-refractivity contribution in [3.63, 3.8) is 0 Å². The maximum Gasteiger partial charge on any atom is 0.129 e. The van der Waals surface area contributed by atoms with Crippen LogP contribution in [0.3, 0.4) is 0 Å². The molecule has 0 aliphatic carbocycles. The second kappa shape index (κ2) is 5.41. The van der Waals surface area contributed by atoms with E-state index in [4.69, 9.17) is 0 Å². The summed E-state index contributed by atoms with van der Waals surface area (Å²) in [7, 11) is 0. The maximum atomic E-state index is 2.30. The summed E-state index contributed by atoms with van der Waals surface area (Å²) in [6, 6.07) is 21.2. The summed E-state index contributed by atoms with van der Waals surface area (Å²) in [5.41, 5.74) is 2.72. The lowest BCUT2D eigenvalue weighted by Crippen LogP contribution is -1.94. The quantitative estimate of drug-likeness (QED) is 0.653. The van der Waals surface area contributed by atoms with Crippen molar-refractivity contribution in [2.24, 2.45) is 0 Å². The van der Waals surface area contributed by atoms with Crippen LogP contribution in [-0.2, 0) is 0 Å². The second-order valence-corrected chi connectivity index (χ2v) is 4.16. The molecule has 0 saturated carbocycles. The highest BCUT2D eigenvalue weighted by Crippen LogP contribution is 2.21. The van der Waals surface area contributed by atoms with Crippen LogP contribution in [0.25, 0.3) is 0 Å². The zero-order valence-corrected chi connectivity index (χ0v) is 9.64. The van der Waals surface area contributed by atoms with E-state index in [0.29, 0.717) is 5.92 Å². The third-order valence-electron chi connectivity index (χ3n) is 2.88. The van der Waals surface area contributed by atoms with E-state index in [9.17, 15) is 0 Å². The van der Waals surface area contributed by atoms with Gasteiger partial charge in [-0.15, -0.1) is 0 Å². The van der Waals surface area contributed by atoms with Gasteiger partial charge >= 0.3 is 0 Å². The molecule has 0 heterocycles. The van der Waals surface area contributed by atoms with Crippen LogP contribution in [0.5, 0.6) is 0 Å². The van der Waals surface area contributed by atoms with Gasteiger partial charge in [0.25, 0.3) is 0 Å². The molecule has 0 aliphatic rings. The topological polar surface area (TPSA) is 0 Å². The molecule has 1 atom stereocenters. The average molecular weight is 209 g/mol. The summed E-state index contributed by atoms with van der Waals surface area (Å²) in [5.74, 6) is 0.585. The Labute approximate surface area is 97.9 Å². The lowest BCUT2D eigenvalue weighted by Gasteiger charge is -2.08. The van der Waals surface area contributed by atoms with Crippen molar-refractivity contribution in [3.8, 4) is 0 Å². The van der Waals surface area contributed by atoms with Gasteiger partial charge < -0.3 is 0 Å². The van der Waals surface area contributed by atoms with Crippen molar-refractivity contribution in [2.75, 3.05) is 0 Å². The Balaban J connectivity index is 1.92. The van der Waals surface area contributed by atoms with Gasteiger partial charge in [0.1, 0.15) is 5.56 Å². The van der Waals surface area contributed by atoms with E-state index in [1.165, 1.54) is 11.1 Å². The fraction of sp³-hybridized carbons (Fsp3) is 0.188. The first kappa shape index (κ1) is 10.8. The molecule has 80 valence electrons. The zero-order valence-electron chi connectivity index (χ0n) is 9.64. The van der Waals surface area contributed by atoms with Crippen molar-refractivity contribution >= 4 is 0 Å². The molecule has 0 saturated heterocycles.